The Morgan fingerprint density at radius 1 is 1.64 bits per heavy atom. The van der Waals surface area contributed by atoms with Crippen molar-refractivity contribution in [3.63, 3.8) is 0 Å². The monoisotopic (exact) mass is 200 g/mol. The fourth-order valence-corrected chi connectivity index (χ4v) is 1.44. The Morgan fingerprint density at radius 2 is 2.29 bits per heavy atom. The van der Waals surface area contributed by atoms with Gasteiger partial charge in [0.2, 0.25) is 11.8 Å². The first-order chi connectivity index (χ1) is 6.50. The van der Waals surface area contributed by atoms with Gasteiger partial charge in [-0.15, -0.1) is 0 Å². The van der Waals surface area contributed by atoms with Crippen LogP contribution in [0.15, 0.2) is 0 Å². The Kier molecular flexibility index (Phi) is 3.60. The van der Waals surface area contributed by atoms with Gasteiger partial charge >= 0.3 is 0 Å². The van der Waals surface area contributed by atoms with Gasteiger partial charge in [-0.1, -0.05) is 0 Å². The lowest BCUT2D eigenvalue weighted by atomic mass is 10.2. The number of carbonyl (C=O) groups is 2. The van der Waals surface area contributed by atoms with Crippen LogP contribution < -0.4 is 5.32 Å². The van der Waals surface area contributed by atoms with Gasteiger partial charge in [-0.25, -0.2) is 0 Å². The molecule has 1 aliphatic heterocycles. The molecule has 0 bridgehead atoms. The molecule has 2 unspecified atom stereocenters. The first-order valence-corrected chi connectivity index (χ1v) is 4.72. The van der Waals surface area contributed by atoms with Gasteiger partial charge in [-0.2, -0.15) is 0 Å². The lowest BCUT2D eigenvalue weighted by molar-refractivity contribution is -0.126. The van der Waals surface area contributed by atoms with Gasteiger partial charge in [-0.3, -0.25) is 19.8 Å². The van der Waals surface area contributed by atoms with Crippen LogP contribution in [0.3, 0.4) is 0 Å². The number of aliphatic hydroxyl groups excluding tert-OH is 1. The van der Waals surface area contributed by atoms with E-state index >= 15 is 0 Å². The maximum absolute atomic E-state index is 11.2. The molecule has 5 heteroatoms. The smallest absolute Gasteiger partial charge is 0.244 e. The minimum atomic E-state index is -0.377. The number of imide groups is 1. The maximum atomic E-state index is 11.2. The molecule has 0 aromatic heterocycles. The first-order valence-electron chi connectivity index (χ1n) is 4.72. The molecule has 0 spiro atoms. The average molecular weight is 200 g/mol. The summed E-state index contributed by atoms with van der Waals surface area (Å²) in [7, 11) is 1.78. The van der Waals surface area contributed by atoms with Crippen molar-refractivity contribution in [2.24, 2.45) is 0 Å². The number of rotatable bonds is 4. The van der Waals surface area contributed by atoms with E-state index in [0.29, 0.717) is 13.0 Å². The minimum Gasteiger partial charge on any atom is -0.393 e. The van der Waals surface area contributed by atoms with Gasteiger partial charge < -0.3 is 5.11 Å². The molecular weight excluding hydrogens is 184 g/mol. The number of amides is 2. The predicted octanol–water partition coefficient (Wildman–Crippen LogP) is -0.896. The third-order valence-electron chi connectivity index (χ3n) is 2.38. The second-order valence-corrected chi connectivity index (χ2v) is 3.75. The highest BCUT2D eigenvalue weighted by Crippen LogP contribution is 2.09. The van der Waals surface area contributed by atoms with Crippen LogP contribution in [-0.2, 0) is 9.59 Å². The van der Waals surface area contributed by atoms with Crippen molar-refractivity contribution >= 4 is 11.8 Å². The molecular formula is C9H16N2O3. The van der Waals surface area contributed by atoms with Crippen LogP contribution in [0.25, 0.3) is 0 Å². The van der Waals surface area contributed by atoms with E-state index in [0.717, 1.165) is 0 Å². The van der Waals surface area contributed by atoms with Gasteiger partial charge in [0.05, 0.1) is 18.6 Å². The number of hydrogen-bond acceptors (Lipinski definition) is 4. The van der Waals surface area contributed by atoms with Crippen molar-refractivity contribution in [3.05, 3.63) is 0 Å². The molecule has 1 rings (SSSR count). The van der Waals surface area contributed by atoms with E-state index in [2.05, 4.69) is 5.32 Å². The van der Waals surface area contributed by atoms with Crippen molar-refractivity contribution < 1.29 is 14.7 Å². The number of aliphatic hydroxyl groups is 1. The normalized spacial score (nSPS) is 24.1. The molecule has 1 fully saturated rings. The van der Waals surface area contributed by atoms with Crippen LogP contribution in [0, 0.1) is 0 Å². The number of likely N-dealkylation sites (N-methyl/N-ethyl adjacent to an activating group) is 1. The van der Waals surface area contributed by atoms with Crippen molar-refractivity contribution in [1.29, 1.82) is 0 Å². The van der Waals surface area contributed by atoms with Gasteiger partial charge in [0.1, 0.15) is 0 Å². The fourth-order valence-electron chi connectivity index (χ4n) is 1.44. The largest absolute Gasteiger partial charge is 0.393 e. The standard InChI is InChI=1S/C9H16N2O3/c1-6(12)3-4-11(2)7-5-8(13)10-9(7)14/h6-7,12H,3-5H2,1-2H3,(H,10,13,14). The van der Waals surface area contributed by atoms with Gasteiger partial charge in [0.25, 0.3) is 0 Å². The van der Waals surface area contributed by atoms with Gasteiger partial charge in [-0.05, 0) is 20.4 Å². The fraction of sp³-hybridized carbons (Fsp3) is 0.778. The molecule has 2 N–H and O–H groups in total. The van der Waals surface area contributed by atoms with E-state index in [9.17, 15) is 9.59 Å². The zero-order valence-electron chi connectivity index (χ0n) is 8.49. The number of hydrogen-bond donors (Lipinski definition) is 2. The molecule has 1 heterocycles. The topological polar surface area (TPSA) is 69.6 Å². The van der Waals surface area contributed by atoms with E-state index in [1.807, 2.05) is 0 Å². The summed E-state index contributed by atoms with van der Waals surface area (Å²) in [6, 6.07) is -0.360. The van der Waals surface area contributed by atoms with E-state index in [1.165, 1.54) is 0 Å². The molecule has 0 aromatic rings. The quantitative estimate of drug-likeness (QED) is 0.577. The Labute approximate surface area is 83.1 Å². The third-order valence-corrected chi connectivity index (χ3v) is 2.38. The molecule has 80 valence electrons. The SMILES string of the molecule is CC(O)CCN(C)C1CC(=O)NC1=O. The molecule has 1 saturated heterocycles. The van der Waals surface area contributed by atoms with Crippen LogP contribution >= 0.6 is 0 Å². The zero-order valence-corrected chi connectivity index (χ0v) is 8.49. The van der Waals surface area contributed by atoms with Crippen LogP contribution in [0.1, 0.15) is 19.8 Å². The van der Waals surface area contributed by atoms with E-state index in [4.69, 9.17) is 5.11 Å². The number of nitrogens with zero attached hydrogens (tertiary/aromatic N) is 1. The predicted molar refractivity (Wildman–Crippen MR) is 50.5 cm³/mol. The van der Waals surface area contributed by atoms with Crippen molar-refractivity contribution in [2.45, 2.75) is 31.9 Å². The van der Waals surface area contributed by atoms with Crippen LogP contribution in [0.4, 0.5) is 0 Å². The van der Waals surface area contributed by atoms with Crippen molar-refractivity contribution in [3.8, 4) is 0 Å². The second-order valence-electron chi connectivity index (χ2n) is 3.75. The van der Waals surface area contributed by atoms with Gasteiger partial charge in [0, 0.05) is 6.54 Å². The lowest BCUT2D eigenvalue weighted by Crippen LogP contribution is -2.39. The summed E-state index contributed by atoms with van der Waals surface area (Å²) < 4.78 is 0. The summed E-state index contributed by atoms with van der Waals surface area (Å²) in [6.45, 7) is 2.32. The summed E-state index contributed by atoms with van der Waals surface area (Å²) in [5.74, 6) is -0.452. The second kappa shape index (κ2) is 4.52. The van der Waals surface area contributed by atoms with Crippen LogP contribution in [0.2, 0.25) is 0 Å². The number of carbonyl (C=O) groups excluding carboxylic acids is 2. The molecule has 0 aliphatic carbocycles. The summed E-state index contributed by atoms with van der Waals surface area (Å²) in [5, 5.41) is 11.3. The highest BCUT2D eigenvalue weighted by molar-refractivity contribution is 6.05. The van der Waals surface area contributed by atoms with E-state index < -0.39 is 0 Å². The number of nitrogens with one attached hydrogen (secondary N) is 1. The Morgan fingerprint density at radius 3 is 2.71 bits per heavy atom. The van der Waals surface area contributed by atoms with Crippen LogP contribution in [0.5, 0.6) is 0 Å². The molecule has 1 aliphatic rings. The highest BCUT2D eigenvalue weighted by Gasteiger charge is 2.33. The maximum Gasteiger partial charge on any atom is 0.244 e. The third kappa shape index (κ3) is 2.78. The zero-order chi connectivity index (χ0) is 10.7. The molecule has 0 saturated carbocycles. The summed E-state index contributed by atoms with van der Waals surface area (Å²) in [4.78, 5) is 23.9. The van der Waals surface area contributed by atoms with E-state index in [-0.39, 0.29) is 30.4 Å². The minimum absolute atomic E-state index is 0.219. The van der Waals surface area contributed by atoms with Crippen molar-refractivity contribution in [2.75, 3.05) is 13.6 Å². The molecule has 2 atom stereocenters. The summed E-state index contributed by atoms with van der Waals surface area (Å²) >= 11 is 0. The highest BCUT2D eigenvalue weighted by atomic mass is 16.3. The Hall–Kier alpha value is -0.940. The van der Waals surface area contributed by atoms with Crippen LogP contribution in [-0.4, -0.2) is 47.6 Å². The molecule has 2 amide bonds. The Bertz CT molecular complexity index is 240. The summed E-state index contributed by atoms with van der Waals surface area (Å²) in [5.41, 5.74) is 0. The molecule has 5 nitrogen and oxygen atoms in total. The van der Waals surface area contributed by atoms with E-state index in [1.54, 1.807) is 18.9 Å². The Balaban J connectivity index is 2.40. The first kappa shape index (κ1) is 11.1. The molecule has 0 radical (unpaired) electrons. The molecule has 0 aromatic carbocycles. The average Bonchev–Trinajstić information content (AvgIpc) is 2.41. The lowest BCUT2D eigenvalue weighted by Gasteiger charge is -2.21. The van der Waals surface area contributed by atoms with Crippen molar-refractivity contribution in [1.82, 2.24) is 10.2 Å². The van der Waals surface area contributed by atoms with Gasteiger partial charge in [0.15, 0.2) is 0 Å². The summed E-state index contributed by atoms with van der Waals surface area (Å²) in [6.07, 6.45) is 0.460. The molecule has 14 heavy (non-hydrogen) atoms.